The lowest BCUT2D eigenvalue weighted by atomic mass is 10.1. The van der Waals surface area contributed by atoms with Crippen LogP contribution in [0.4, 0.5) is 5.69 Å². The third-order valence-corrected chi connectivity index (χ3v) is 4.35. The standard InChI is InChI=1S/C15H22BrN3O2/c1-21-8-6-18-10-11-4-5-13(12(16)9-11)19-7-2-3-14(19)15(17)20/h4-5,9,14,18H,2-3,6-8,10H2,1H3,(H2,17,20). The van der Waals surface area contributed by atoms with Crippen LogP contribution in [-0.2, 0) is 16.1 Å². The number of nitrogens with one attached hydrogen (secondary N) is 1. The zero-order valence-electron chi connectivity index (χ0n) is 12.3. The number of halogens is 1. The minimum absolute atomic E-state index is 0.188. The SMILES string of the molecule is COCCNCc1ccc(N2CCCC2C(N)=O)c(Br)c1. The highest BCUT2D eigenvalue weighted by Gasteiger charge is 2.30. The molecular formula is C15H22BrN3O2. The number of rotatable bonds is 7. The summed E-state index contributed by atoms with van der Waals surface area (Å²) in [6.45, 7) is 3.19. The first-order valence-electron chi connectivity index (χ1n) is 7.17. The van der Waals surface area contributed by atoms with Gasteiger partial charge in [-0.3, -0.25) is 4.79 Å². The number of amides is 1. The first kappa shape index (κ1) is 16.3. The summed E-state index contributed by atoms with van der Waals surface area (Å²) in [7, 11) is 1.69. The molecule has 0 aliphatic carbocycles. The van der Waals surface area contributed by atoms with E-state index in [9.17, 15) is 4.79 Å². The van der Waals surface area contributed by atoms with E-state index in [1.807, 2.05) is 0 Å². The summed E-state index contributed by atoms with van der Waals surface area (Å²) in [5.41, 5.74) is 7.71. The zero-order chi connectivity index (χ0) is 15.2. The number of primary amides is 1. The molecule has 0 bridgehead atoms. The predicted molar refractivity (Wildman–Crippen MR) is 87.3 cm³/mol. The minimum atomic E-state index is -0.246. The van der Waals surface area contributed by atoms with Crippen LogP contribution in [0.1, 0.15) is 18.4 Å². The van der Waals surface area contributed by atoms with Gasteiger partial charge in [0.25, 0.3) is 0 Å². The van der Waals surface area contributed by atoms with E-state index < -0.39 is 0 Å². The van der Waals surface area contributed by atoms with Crippen LogP contribution in [0.15, 0.2) is 22.7 Å². The number of carbonyl (C=O) groups excluding carboxylic acids is 1. The number of carbonyl (C=O) groups is 1. The van der Waals surface area contributed by atoms with Crippen LogP contribution in [-0.4, -0.2) is 38.8 Å². The lowest BCUT2D eigenvalue weighted by molar-refractivity contribution is -0.119. The third kappa shape index (κ3) is 4.18. The molecular weight excluding hydrogens is 334 g/mol. The van der Waals surface area contributed by atoms with E-state index >= 15 is 0 Å². The van der Waals surface area contributed by atoms with E-state index in [2.05, 4.69) is 44.3 Å². The summed E-state index contributed by atoms with van der Waals surface area (Å²) in [4.78, 5) is 13.6. The van der Waals surface area contributed by atoms with Crippen LogP contribution in [0, 0.1) is 0 Å². The molecule has 116 valence electrons. The number of hydrogen-bond donors (Lipinski definition) is 2. The van der Waals surface area contributed by atoms with Crippen LogP contribution in [0.25, 0.3) is 0 Å². The van der Waals surface area contributed by atoms with Gasteiger partial charge in [-0.15, -0.1) is 0 Å². The number of ether oxygens (including phenoxy) is 1. The Morgan fingerprint density at radius 3 is 3.05 bits per heavy atom. The van der Waals surface area contributed by atoms with Crippen LogP contribution >= 0.6 is 15.9 Å². The van der Waals surface area contributed by atoms with E-state index in [4.69, 9.17) is 10.5 Å². The summed E-state index contributed by atoms with van der Waals surface area (Å²) in [5, 5.41) is 3.31. The van der Waals surface area contributed by atoms with E-state index in [-0.39, 0.29) is 11.9 Å². The van der Waals surface area contributed by atoms with Crippen molar-refractivity contribution in [1.29, 1.82) is 0 Å². The number of nitrogens with zero attached hydrogens (tertiary/aromatic N) is 1. The molecule has 1 amide bonds. The highest BCUT2D eigenvalue weighted by Crippen LogP contribution is 2.32. The number of nitrogens with two attached hydrogens (primary N) is 1. The molecule has 5 nitrogen and oxygen atoms in total. The summed E-state index contributed by atoms with van der Waals surface area (Å²) in [6, 6.07) is 6.03. The van der Waals surface area contributed by atoms with Gasteiger partial charge in [0.05, 0.1) is 12.3 Å². The van der Waals surface area contributed by atoms with Crippen molar-refractivity contribution in [3.63, 3.8) is 0 Å². The van der Waals surface area contributed by atoms with Crippen molar-refractivity contribution in [1.82, 2.24) is 5.32 Å². The maximum absolute atomic E-state index is 11.5. The van der Waals surface area contributed by atoms with E-state index in [1.165, 1.54) is 5.56 Å². The average Bonchev–Trinajstić information content (AvgIpc) is 2.93. The first-order chi connectivity index (χ1) is 10.1. The Labute approximate surface area is 134 Å². The van der Waals surface area contributed by atoms with Crippen LogP contribution in [0.2, 0.25) is 0 Å². The lowest BCUT2D eigenvalue weighted by Crippen LogP contribution is -2.40. The first-order valence-corrected chi connectivity index (χ1v) is 7.97. The highest BCUT2D eigenvalue weighted by atomic mass is 79.9. The molecule has 1 aromatic carbocycles. The molecule has 0 aromatic heterocycles. The molecule has 1 atom stereocenters. The van der Waals surface area contributed by atoms with E-state index in [1.54, 1.807) is 7.11 Å². The summed E-state index contributed by atoms with van der Waals surface area (Å²) >= 11 is 3.61. The molecule has 1 heterocycles. The molecule has 1 aliphatic rings. The summed E-state index contributed by atoms with van der Waals surface area (Å²) in [6.07, 6.45) is 1.84. The van der Waals surface area contributed by atoms with Gasteiger partial charge in [-0.05, 0) is 46.5 Å². The molecule has 1 saturated heterocycles. The lowest BCUT2D eigenvalue weighted by Gasteiger charge is -2.25. The second kappa shape index (κ2) is 7.77. The molecule has 0 spiro atoms. The van der Waals surface area contributed by atoms with Gasteiger partial charge in [-0.1, -0.05) is 6.07 Å². The van der Waals surface area contributed by atoms with Crippen molar-refractivity contribution in [2.45, 2.75) is 25.4 Å². The van der Waals surface area contributed by atoms with Gasteiger partial charge in [0.15, 0.2) is 0 Å². The fraction of sp³-hybridized carbons (Fsp3) is 0.533. The molecule has 6 heteroatoms. The summed E-state index contributed by atoms with van der Waals surface area (Å²) < 4.78 is 6.00. The number of anilines is 1. The highest BCUT2D eigenvalue weighted by molar-refractivity contribution is 9.10. The average molecular weight is 356 g/mol. The molecule has 1 unspecified atom stereocenters. The maximum Gasteiger partial charge on any atom is 0.240 e. The summed E-state index contributed by atoms with van der Waals surface area (Å²) in [5.74, 6) is -0.246. The second-order valence-corrected chi connectivity index (χ2v) is 6.06. The maximum atomic E-state index is 11.5. The molecule has 21 heavy (non-hydrogen) atoms. The molecule has 2 rings (SSSR count). The van der Waals surface area contributed by atoms with Crippen molar-refractivity contribution in [3.05, 3.63) is 28.2 Å². The van der Waals surface area contributed by atoms with Gasteiger partial charge in [0.2, 0.25) is 5.91 Å². The Morgan fingerprint density at radius 2 is 2.38 bits per heavy atom. The zero-order valence-corrected chi connectivity index (χ0v) is 13.9. The Morgan fingerprint density at radius 1 is 1.57 bits per heavy atom. The van der Waals surface area contributed by atoms with Gasteiger partial charge in [-0.25, -0.2) is 0 Å². The van der Waals surface area contributed by atoms with Crippen molar-refractivity contribution < 1.29 is 9.53 Å². The largest absolute Gasteiger partial charge is 0.383 e. The van der Waals surface area contributed by atoms with E-state index in [0.29, 0.717) is 6.61 Å². The smallest absolute Gasteiger partial charge is 0.240 e. The van der Waals surface area contributed by atoms with Crippen molar-refractivity contribution in [2.75, 3.05) is 31.7 Å². The van der Waals surface area contributed by atoms with Gasteiger partial charge in [-0.2, -0.15) is 0 Å². The van der Waals surface area contributed by atoms with Crippen molar-refractivity contribution in [2.24, 2.45) is 5.73 Å². The van der Waals surface area contributed by atoms with Gasteiger partial charge >= 0.3 is 0 Å². The Hall–Kier alpha value is -1.11. The fourth-order valence-corrected chi connectivity index (χ4v) is 3.31. The van der Waals surface area contributed by atoms with E-state index in [0.717, 1.165) is 42.6 Å². The van der Waals surface area contributed by atoms with Crippen LogP contribution < -0.4 is 16.0 Å². The monoisotopic (exact) mass is 355 g/mol. The fourth-order valence-electron chi connectivity index (χ4n) is 2.65. The number of benzene rings is 1. The Balaban J connectivity index is 2.03. The van der Waals surface area contributed by atoms with Gasteiger partial charge < -0.3 is 20.7 Å². The quantitative estimate of drug-likeness (QED) is 0.729. The number of hydrogen-bond acceptors (Lipinski definition) is 4. The molecule has 1 fully saturated rings. The van der Waals surface area contributed by atoms with Crippen molar-refractivity contribution >= 4 is 27.5 Å². The van der Waals surface area contributed by atoms with Crippen LogP contribution in [0.5, 0.6) is 0 Å². The van der Waals surface area contributed by atoms with Gasteiger partial charge in [0.1, 0.15) is 6.04 Å². The van der Waals surface area contributed by atoms with Crippen molar-refractivity contribution in [3.8, 4) is 0 Å². The predicted octanol–water partition coefficient (Wildman–Crippen LogP) is 1.64. The second-order valence-electron chi connectivity index (χ2n) is 5.21. The molecule has 0 radical (unpaired) electrons. The molecule has 3 N–H and O–H groups in total. The minimum Gasteiger partial charge on any atom is -0.383 e. The molecule has 1 aliphatic heterocycles. The third-order valence-electron chi connectivity index (χ3n) is 3.71. The Kier molecular flexibility index (Phi) is 6.02. The number of methoxy groups -OCH3 is 1. The Bertz CT molecular complexity index is 496. The topological polar surface area (TPSA) is 67.6 Å². The normalized spacial score (nSPS) is 18.2. The molecule has 1 aromatic rings. The molecule has 0 saturated carbocycles. The van der Waals surface area contributed by atoms with Gasteiger partial charge in [0, 0.05) is 31.2 Å². The van der Waals surface area contributed by atoms with Crippen LogP contribution in [0.3, 0.4) is 0 Å².